The molecule has 0 aliphatic heterocycles. The van der Waals surface area contributed by atoms with E-state index in [0.29, 0.717) is 0 Å². The van der Waals surface area contributed by atoms with E-state index in [1.165, 1.54) is 0 Å². The van der Waals surface area contributed by atoms with Crippen molar-refractivity contribution in [2.24, 2.45) is 0 Å². The molecular weight excluding hydrogens is 250 g/mol. The molecule has 5 nitrogen and oxygen atoms in total. The molecule has 5 heteroatoms. The number of anilines is 1. The highest BCUT2D eigenvalue weighted by Crippen LogP contribution is 2.25. The average molecular weight is 273 g/mol. The molecule has 0 aromatic carbocycles. The summed E-state index contributed by atoms with van der Waals surface area (Å²) in [5, 5.41) is 3.38. The summed E-state index contributed by atoms with van der Waals surface area (Å²) in [7, 11) is 0. The summed E-state index contributed by atoms with van der Waals surface area (Å²) in [5.41, 5.74) is 2.09. The van der Waals surface area contributed by atoms with E-state index in [4.69, 9.17) is 0 Å². The summed E-state index contributed by atoms with van der Waals surface area (Å²) in [5.74, 6) is 1.87. The third-order valence-corrected chi connectivity index (χ3v) is 3.23. The Balaban J connectivity index is 2.42. The first kappa shape index (κ1) is 14.5. The Hall–Kier alpha value is -1.91. The molecule has 0 radical (unpaired) electrons. The summed E-state index contributed by atoms with van der Waals surface area (Å²) in [6.45, 7) is 8.33. The van der Waals surface area contributed by atoms with Gasteiger partial charge >= 0.3 is 0 Å². The van der Waals surface area contributed by atoms with Crippen molar-refractivity contribution >= 4 is 5.82 Å². The van der Waals surface area contributed by atoms with Gasteiger partial charge in [0.2, 0.25) is 0 Å². The third-order valence-electron chi connectivity index (χ3n) is 3.23. The lowest BCUT2D eigenvalue weighted by Gasteiger charge is -2.13. The third kappa shape index (κ3) is 2.98. The van der Waals surface area contributed by atoms with Crippen LogP contribution in [0.5, 0.6) is 0 Å². The van der Waals surface area contributed by atoms with Crippen molar-refractivity contribution in [2.45, 2.75) is 46.6 Å². The van der Waals surface area contributed by atoms with E-state index in [9.17, 15) is 0 Å². The van der Waals surface area contributed by atoms with Crippen molar-refractivity contribution in [1.29, 1.82) is 0 Å². The zero-order valence-corrected chi connectivity index (χ0v) is 12.6. The molecule has 0 saturated heterocycles. The molecule has 0 atom stereocenters. The largest absolute Gasteiger partial charge is 0.370 e. The van der Waals surface area contributed by atoms with Crippen LogP contribution in [0.4, 0.5) is 5.82 Å². The normalized spacial score (nSPS) is 10.8. The standard InChI is InChI=1S/C15H23N5/c1-4-7-16-14-12(6-3)13(18-11-19-14)15-17-8-10-20(15)9-5-2/h8,10-11H,4-7,9H2,1-3H3,(H,16,18,19). The minimum Gasteiger partial charge on any atom is -0.370 e. The van der Waals surface area contributed by atoms with E-state index in [-0.39, 0.29) is 0 Å². The van der Waals surface area contributed by atoms with E-state index in [1.54, 1.807) is 6.33 Å². The van der Waals surface area contributed by atoms with Crippen molar-refractivity contribution in [3.05, 3.63) is 24.3 Å². The second-order valence-electron chi connectivity index (χ2n) is 4.77. The molecule has 0 saturated carbocycles. The van der Waals surface area contributed by atoms with Gasteiger partial charge in [0, 0.05) is 31.0 Å². The van der Waals surface area contributed by atoms with E-state index in [1.807, 2.05) is 12.4 Å². The van der Waals surface area contributed by atoms with Crippen LogP contribution >= 0.6 is 0 Å². The van der Waals surface area contributed by atoms with Crippen molar-refractivity contribution in [3.63, 3.8) is 0 Å². The van der Waals surface area contributed by atoms with Gasteiger partial charge in [0.15, 0.2) is 5.82 Å². The molecule has 0 aliphatic carbocycles. The number of hydrogen-bond donors (Lipinski definition) is 1. The fraction of sp³-hybridized carbons (Fsp3) is 0.533. The molecule has 1 N–H and O–H groups in total. The van der Waals surface area contributed by atoms with Gasteiger partial charge in [-0.25, -0.2) is 15.0 Å². The minimum absolute atomic E-state index is 0.890. The number of aryl methyl sites for hydroxylation is 1. The molecule has 0 bridgehead atoms. The Labute approximate surface area is 120 Å². The number of hydrogen-bond acceptors (Lipinski definition) is 4. The van der Waals surface area contributed by atoms with Crippen LogP contribution in [0.25, 0.3) is 11.5 Å². The molecule has 0 aliphatic rings. The van der Waals surface area contributed by atoms with Gasteiger partial charge < -0.3 is 9.88 Å². The fourth-order valence-corrected chi connectivity index (χ4v) is 2.28. The first-order valence-electron chi connectivity index (χ1n) is 7.41. The summed E-state index contributed by atoms with van der Waals surface area (Å²) in [4.78, 5) is 13.3. The van der Waals surface area contributed by atoms with Gasteiger partial charge in [-0.2, -0.15) is 0 Å². The van der Waals surface area contributed by atoms with Crippen LogP contribution in [-0.2, 0) is 13.0 Å². The maximum Gasteiger partial charge on any atom is 0.159 e. The number of imidazole rings is 1. The van der Waals surface area contributed by atoms with E-state index in [0.717, 1.165) is 55.3 Å². The summed E-state index contributed by atoms with van der Waals surface area (Å²) in [6.07, 6.45) is 8.52. The Morgan fingerprint density at radius 3 is 2.65 bits per heavy atom. The number of nitrogens with one attached hydrogen (secondary N) is 1. The van der Waals surface area contributed by atoms with Crippen LogP contribution < -0.4 is 5.32 Å². The lowest BCUT2D eigenvalue weighted by molar-refractivity contribution is 0.683. The minimum atomic E-state index is 0.890. The van der Waals surface area contributed by atoms with Crippen LogP contribution in [0.1, 0.15) is 39.2 Å². The van der Waals surface area contributed by atoms with Gasteiger partial charge in [-0.05, 0) is 19.3 Å². The Morgan fingerprint density at radius 1 is 1.10 bits per heavy atom. The average Bonchev–Trinajstić information content (AvgIpc) is 2.93. The molecule has 0 amide bonds. The van der Waals surface area contributed by atoms with Crippen LogP contribution in [0.15, 0.2) is 18.7 Å². The van der Waals surface area contributed by atoms with Gasteiger partial charge in [-0.3, -0.25) is 0 Å². The topological polar surface area (TPSA) is 55.6 Å². The monoisotopic (exact) mass is 273 g/mol. The van der Waals surface area contributed by atoms with E-state index < -0.39 is 0 Å². The first-order chi connectivity index (χ1) is 9.81. The zero-order chi connectivity index (χ0) is 14.4. The smallest absolute Gasteiger partial charge is 0.159 e. The highest BCUT2D eigenvalue weighted by atomic mass is 15.1. The molecule has 2 heterocycles. The Morgan fingerprint density at radius 2 is 1.95 bits per heavy atom. The molecular formula is C15H23N5. The summed E-state index contributed by atoms with van der Waals surface area (Å²) >= 11 is 0. The van der Waals surface area contributed by atoms with Crippen molar-refractivity contribution in [3.8, 4) is 11.5 Å². The summed E-state index contributed by atoms with van der Waals surface area (Å²) in [6, 6.07) is 0. The fourth-order valence-electron chi connectivity index (χ4n) is 2.28. The second kappa shape index (κ2) is 7.03. The molecule has 20 heavy (non-hydrogen) atoms. The SMILES string of the molecule is CCCNc1ncnc(-c2nccn2CCC)c1CC. The maximum atomic E-state index is 4.48. The summed E-state index contributed by atoms with van der Waals surface area (Å²) < 4.78 is 2.16. The van der Waals surface area contributed by atoms with Crippen LogP contribution in [0, 0.1) is 0 Å². The number of rotatable bonds is 7. The molecule has 2 aromatic rings. The lowest BCUT2D eigenvalue weighted by atomic mass is 10.1. The van der Waals surface area contributed by atoms with Gasteiger partial charge in [0.25, 0.3) is 0 Å². The van der Waals surface area contributed by atoms with Crippen LogP contribution in [0.3, 0.4) is 0 Å². The van der Waals surface area contributed by atoms with Crippen molar-refractivity contribution in [1.82, 2.24) is 19.5 Å². The van der Waals surface area contributed by atoms with Gasteiger partial charge in [0.1, 0.15) is 17.8 Å². The second-order valence-corrected chi connectivity index (χ2v) is 4.77. The van der Waals surface area contributed by atoms with Gasteiger partial charge in [-0.15, -0.1) is 0 Å². The predicted octanol–water partition coefficient (Wildman–Crippen LogP) is 3.13. The van der Waals surface area contributed by atoms with Crippen LogP contribution in [0.2, 0.25) is 0 Å². The molecule has 2 aromatic heterocycles. The van der Waals surface area contributed by atoms with Crippen molar-refractivity contribution in [2.75, 3.05) is 11.9 Å². The Bertz CT molecular complexity index is 547. The van der Waals surface area contributed by atoms with E-state index in [2.05, 4.69) is 45.6 Å². The van der Waals surface area contributed by atoms with E-state index >= 15 is 0 Å². The van der Waals surface area contributed by atoms with Crippen LogP contribution in [-0.4, -0.2) is 26.1 Å². The maximum absolute atomic E-state index is 4.48. The number of nitrogens with zero attached hydrogens (tertiary/aromatic N) is 4. The lowest BCUT2D eigenvalue weighted by Crippen LogP contribution is -2.09. The van der Waals surface area contributed by atoms with Gasteiger partial charge in [0.05, 0.1) is 0 Å². The van der Waals surface area contributed by atoms with Gasteiger partial charge in [-0.1, -0.05) is 20.8 Å². The molecule has 108 valence electrons. The zero-order valence-electron chi connectivity index (χ0n) is 12.6. The molecule has 0 fully saturated rings. The molecule has 2 rings (SSSR count). The highest BCUT2D eigenvalue weighted by Gasteiger charge is 2.15. The van der Waals surface area contributed by atoms with Crippen molar-refractivity contribution < 1.29 is 0 Å². The highest BCUT2D eigenvalue weighted by molar-refractivity contribution is 5.63. The number of aromatic nitrogens is 4. The first-order valence-corrected chi connectivity index (χ1v) is 7.41. The Kier molecular flexibility index (Phi) is 5.09. The molecule has 0 spiro atoms. The quantitative estimate of drug-likeness (QED) is 0.842. The molecule has 0 unspecified atom stereocenters. The predicted molar refractivity (Wildman–Crippen MR) is 81.7 cm³/mol.